The van der Waals surface area contributed by atoms with Crippen LogP contribution in [-0.4, -0.2) is 18.1 Å². The summed E-state index contributed by atoms with van der Waals surface area (Å²) in [7, 11) is 0. The van der Waals surface area contributed by atoms with Crippen LogP contribution in [0.5, 0.6) is 5.75 Å². The van der Waals surface area contributed by atoms with E-state index in [2.05, 4.69) is 10.3 Å². The SMILES string of the molecule is Cc1cnccc1NCCOc1ccccc1N. The quantitative estimate of drug-likeness (QED) is 0.625. The van der Waals surface area contributed by atoms with Crippen LogP contribution in [0, 0.1) is 6.92 Å². The van der Waals surface area contributed by atoms with E-state index in [1.54, 1.807) is 6.20 Å². The van der Waals surface area contributed by atoms with Gasteiger partial charge in [0.15, 0.2) is 0 Å². The summed E-state index contributed by atoms with van der Waals surface area (Å²) in [5.41, 5.74) is 8.65. The molecular weight excluding hydrogens is 226 g/mol. The Morgan fingerprint density at radius 1 is 1.28 bits per heavy atom. The van der Waals surface area contributed by atoms with Crippen LogP contribution in [0.3, 0.4) is 0 Å². The lowest BCUT2D eigenvalue weighted by atomic mass is 10.2. The molecule has 0 atom stereocenters. The smallest absolute Gasteiger partial charge is 0.142 e. The summed E-state index contributed by atoms with van der Waals surface area (Å²) in [5.74, 6) is 0.728. The van der Waals surface area contributed by atoms with Gasteiger partial charge in [-0.1, -0.05) is 12.1 Å². The molecule has 0 radical (unpaired) electrons. The summed E-state index contributed by atoms with van der Waals surface area (Å²) in [5, 5.41) is 3.30. The summed E-state index contributed by atoms with van der Waals surface area (Å²) in [4.78, 5) is 4.04. The van der Waals surface area contributed by atoms with E-state index in [4.69, 9.17) is 10.5 Å². The molecule has 1 aromatic heterocycles. The predicted molar refractivity (Wildman–Crippen MR) is 73.8 cm³/mol. The number of pyridine rings is 1. The summed E-state index contributed by atoms with van der Waals surface area (Å²) in [6, 6.07) is 9.45. The average molecular weight is 243 g/mol. The van der Waals surface area contributed by atoms with Gasteiger partial charge in [-0.15, -0.1) is 0 Å². The number of ether oxygens (including phenoxy) is 1. The first-order valence-electron chi connectivity index (χ1n) is 5.89. The van der Waals surface area contributed by atoms with Crippen molar-refractivity contribution in [3.8, 4) is 5.75 Å². The minimum absolute atomic E-state index is 0.565. The summed E-state index contributed by atoms with van der Waals surface area (Å²) in [6.07, 6.45) is 3.60. The van der Waals surface area contributed by atoms with Crippen molar-refractivity contribution in [1.29, 1.82) is 0 Å². The fourth-order valence-electron chi connectivity index (χ4n) is 1.63. The Balaban J connectivity index is 1.80. The van der Waals surface area contributed by atoms with Gasteiger partial charge in [0.25, 0.3) is 0 Å². The topological polar surface area (TPSA) is 60.2 Å². The van der Waals surface area contributed by atoms with E-state index < -0.39 is 0 Å². The van der Waals surface area contributed by atoms with Crippen molar-refractivity contribution in [2.75, 3.05) is 24.2 Å². The minimum atomic E-state index is 0.565. The van der Waals surface area contributed by atoms with E-state index >= 15 is 0 Å². The van der Waals surface area contributed by atoms with Gasteiger partial charge in [0, 0.05) is 24.6 Å². The Labute approximate surface area is 107 Å². The van der Waals surface area contributed by atoms with Crippen molar-refractivity contribution in [2.45, 2.75) is 6.92 Å². The molecule has 0 bridgehead atoms. The van der Waals surface area contributed by atoms with Crippen LogP contribution in [0.15, 0.2) is 42.7 Å². The predicted octanol–water partition coefficient (Wildman–Crippen LogP) is 2.46. The fraction of sp³-hybridized carbons (Fsp3) is 0.214. The summed E-state index contributed by atoms with van der Waals surface area (Å²) < 4.78 is 5.60. The molecule has 3 N–H and O–H groups in total. The lowest BCUT2D eigenvalue weighted by Gasteiger charge is -2.11. The highest BCUT2D eigenvalue weighted by Crippen LogP contribution is 2.19. The van der Waals surface area contributed by atoms with Gasteiger partial charge < -0.3 is 15.8 Å². The molecule has 0 fully saturated rings. The van der Waals surface area contributed by atoms with Crippen molar-refractivity contribution < 1.29 is 4.74 Å². The zero-order valence-corrected chi connectivity index (χ0v) is 10.4. The van der Waals surface area contributed by atoms with E-state index in [1.165, 1.54) is 0 Å². The highest BCUT2D eigenvalue weighted by atomic mass is 16.5. The third-order valence-electron chi connectivity index (χ3n) is 2.61. The van der Waals surface area contributed by atoms with Crippen molar-refractivity contribution in [1.82, 2.24) is 4.98 Å². The molecule has 18 heavy (non-hydrogen) atoms. The molecular formula is C14H17N3O. The summed E-state index contributed by atoms with van der Waals surface area (Å²) >= 11 is 0. The largest absolute Gasteiger partial charge is 0.490 e. The maximum Gasteiger partial charge on any atom is 0.142 e. The molecule has 94 valence electrons. The zero-order valence-electron chi connectivity index (χ0n) is 10.4. The molecule has 0 spiro atoms. The Hall–Kier alpha value is -2.23. The van der Waals surface area contributed by atoms with Gasteiger partial charge in [0.05, 0.1) is 5.69 Å². The Kier molecular flexibility index (Phi) is 4.02. The second kappa shape index (κ2) is 5.91. The van der Waals surface area contributed by atoms with Crippen molar-refractivity contribution in [3.05, 3.63) is 48.3 Å². The Morgan fingerprint density at radius 3 is 2.89 bits per heavy atom. The minimum Gasteiger partial charge on any atom is -0.490 e. The van der Waals surface area contributed by atoms with Crippen LogP contribution < -0.4 is 15.8 Å². The van der Waals surface area contributed by atoms with Gasteiger partial charge in [-0.25, -0.2) is 0 Å². The van der Waals surface area contributed by atoms with Gasteiger partial charge in [-0.2, -0.15) is 0 Å². The van der Waals surface area contributed by atoms with Gasteiger partial charge in [0.2, 0.25) is 0 Å². The molecule has 2 rings (SSSR count). The third-order valence-corrected chi connectivity index (χ3v) is 2.61. The van der Waals surface area contributed by atoms with Crippen LogP contribution in [0.2, 0.25) is 0 Å². The number of nitrogens with one attached hydrogen (secondary N) is 1. The fourth-order valence-corrected chi connectivity index (χ4v) is 1.63. The average Bonchev–Trinajstić information content (AvgIpc) is 2.38. The molecule has 4 heteroatoms. The highest BCUT2D eigenvalue weighted by Gasteiger charge is 1.99. The molecule has 0 aliphatic heterocycles. The molecule has 0 saturated carbocycles. The number of aryl methyl sites for hydroxylation is 1. The maximum absolute atomic E-state index is 5.78. The van der Waals surface area contributed by atoms with Crippen LogP contribution in [0.1, 0.15) is 5.56 Å². The maximum atomic E-state index is 5.78. The molecule has 1 heterocycles. The van der Waals surface area contributed by atoms with Crippen LogP contribution >= 0.6 is 0 Å². The van der Waals surface area contributed by atoms with Gasteiger partial charge in [0.1, 0.15) is 12.4 Å². The van der Waals surface area contributed by atoms with Crippen molar-refractivity contribution in [2.24, 2.45) is 0 Å². The number of anilines is 2. The Bertz CT molecular complexity index is 466. The van der Waals surface area contributed by atoms with Gasteiger partial charge >= 0.3 is 0 Å². The van der Waals surface area contributed by atoms with Crippen LogP contribution in [0.4, 0.5) is 11.4 Å². The monoisotopic (exact) mass is 243 g/mol. The van der Waals surface area contributed by atoms with E-state index in [-0.39, 0.29) is 0 Å². The standard InChI is InChI=1S/C14H17N3O/c1-11-10-16-7-6-13(11)17-8-9-18-14-5-3-2-4-12(14)15/h2-7,10H,8-9,15H2,1H3,(H,16,17). The number of nitrogen functional groups attached to an aromatic ring is 1. The third kappa shape index (κ3) is 3.13. The molecule has 0 aliphatic rings. The number of benzene rings is 1. The number of aromatic nitrogens is 1. The lowest BCUT2D eigenvalue weighted by Crippen LogP contribution is -2.12. The number of para-hydroxylation sites is 2. The van der Waals surface area contributed by atoms with Crippen LogP contribution in [-0.2, 0) is 0 Å². The van der Waals surface area contributed by atoms with Gasteiger partial charge in [-0.05, 0) is 30.7 Å². The highest BCUT2D eigenvalue weighted by molar-refractivity contribution is 5.52. The first-order valence-corrected chi connectivity index (χ1v) is 5.89. The second-order valence-corrected chi connectivity index (χ2v) is 4.00. The van der Waals surface area contributed by atoms with E-state index in [1.807, 2.05) is 43.5 Å². The van der Waals surface area contributed by atoms with E-state index in [0.717, 1.165) is 23.5 Å². The summed E-state index contributed by atoms with van der Waals surface area (Å²) in [6.45, 7) is 3.31. The second-order valence-electron chi connectivity index (χ2n) is 4.00. The molecule has 0 aliphatic carbocycles. The molecule has 0 amide bonds. The number of rotatable bonds is 5. The van der Waals surface area contributed by atoms with Crippen molar-refractivity contribution >= 4 is 11.4 Å². The first kappa shape index (κ1) is 12.2. The number of hydrogen-bond donors (Lipinski definition) is 2. The number of hydrogen-bond acceptors (Lipinski definition) is 4. The molecule has 2 aromatic rings. The number of nitrogens with zero attached hydrogens (tertiary/aromatic N) is 1. The first-order chi connectivity index (χ1) is 8.77. The zero-order chi connectivity index (χ0) is 12.8. The Morgan fingerprint density at radius 2 is 2.11 bits per heavy atom. The van der Waals surface area contributed by atoms with Gasteiger partial charge in [-0.3, -0.25) is 4.98 Å². The van der Waals surface area contributed by atoms with Crippen LogP contribution in [0.25, 0.3) is 0 Å². The number of nitrogens with two attached hydrogens (primary N) is 1. The molecule has 4 nitrogen and oxygen atoms in total. The lowest BCUT2D eigenvalue weighted by molar-refractivity contribution is 0.334. The van der Waals surface area contributed by atoms with E-state index in [9.17, 15) is 0 Å². The normalized spacial score (nSPS) is 10.1. The molecule has 0 saturated heterocycles. The molecule has 1 aromatic carbocycles. The van der Waals surface area contributed by atoms with E-state index in [0.29, 0.717) is 12.3 Å². The molecule has 0 unspecified atom stereocenters. The van der Waals surface area contributed by atoms with Crippen molar-refractivity contribution in [3.63, 3.8) is 0 Å².